The maximum Gasteiger partial charge on any atom is 0.0677 e. The molecule has 0 saturated carbocycles. The van der Waals surface area contributed by atoms with Gasteiger partial charge >= 0.3 is 0 Å². The van der Waals surface area contributed by atoms with Gasteiger partial charge in [0.2, 0.25) is 0 Å². The first-order chi connectivity index (χ1) is 7.33. The van der Waals surface area contributed by atoms with Gasteiger partial charge in [0.1, 0.15) is 0 Å². The van der Waals surface area contributed by atoms with Gasteiger partial charge in [-0.15, -0.1) is 0 Å². The zero-order valence-electron chi connectivity index (χ0n) is 8.89. The van der Waals surface area contributed by atoms with Crippen molar-refractivity contribution in [1.82, 2.24) is 0 Å². The minimum atomic E-state index is -0.0323. The summed E-state index contributed by atoms with van der Waals surface area (Å²) in [7, 11) is 0. The third-order valence-corrected chi connectivity index (χ3v) is 1.91. The van der Waals surface area contributed by atoms with E-state index in [1.807, 2.05) is 49.4 Å². The quantitative estimate of drug-likeness (QED) is 0.686. The van der Waals surface area contributed by atoms with E-state index in [0.717, 1.165) is 5.56 Å². The minimum absolute atomic E-state index is 0.0323. The normalized spacial score (nSPS) is 12.5. The lowest BCUT2D eigenvalue weighted by Gasteiger charge is -2.01. The van der Waals surface area contributed by atoms with Crippen LogP contribution in [0.15, 0.2) is 36.4 Å². The summed E-state index contributed by atoms with van der Waals surface area (Å²) in [6, 6.07) is 12.2. The second-order valence-corrected chi connectivity index (χ2v) is 3.38. The summed E-state index contributed by atoms with van der Waals surface area (Å²) >= 11 is 0. The number of hydrogen-bond acceptors (Lipinski definition) is 2. The molecule has 0 aliphatic carbocycles. The van der Waals surface area contributed by atoms with E-state index in [1.54, 1.807) is 0 Å². The van der Waals surface area contributed by atoms with Gasteiger partial charge in [0.05, 0.1) is 25.2 Å². The van der Waals surface area contributed by atoms with Crippen LogP contribution in [0, 0.1) is 17.2 Å². The zero-order valence-corrected chi connectivity index (χ0v) is 8.89. The Hall–Kier alpha value is -1.59. The van der Waals surface area contributed by atoms with Crippen LogP contribution in [0.4, 0.5) is 0 Å². The summed E-state index contributed by atoms with van der Waals surface area (Å²) in [5, 5.41) is 8.52. The predicted molar refractivity (Wildman–Crippen MR) is 61.1 cm³/mol. The van der Waals surface area contributed by atoms with Gasteiger partial charge in [-0.25, -0.2) is 0 Å². The Labute approximate surface area is 90.8 Å². The van der Waals surface area contributed by atoms with E-state index in [1.165, 1.54) is 0 Å². The molecule has 0 aliphatic heterocycles. The Morgan fingerprint density at radius 1 is 1.40 bits per heavy atom. The average molecular weight is 201 g/mol. The molecule has 0 aromatic heterocycles. The van der Waals surface area contributed by atoms with Crippen LogP contribution < -0.4 is 0 Å². The van der Waals surface area contributed by atoms with E-state index in [4.69, 9.17) is 10.00 Å². The van der Waals surface area contributed by atoms with Crippen molar-refractivity contribution in [3.8, 4) is 6.07 Å². The van der Waals surface area contributed by atoms with E-state index in [0.29, 0.717) is 13.2 Å². The highest BCUT2D eigenvalue weighted by Crippen LogP contribution is 2.01. The van der Waals surface area contributed by atoms with Crippen molar-refractivity contribution in [3.05, 3.63) is 42.0 Å². The number of benzene rings is 1. The highest BCUT2D eigenvalue weighted by Gasteiger charge is 1.96. The lowest BCUT2D eigenvalue weighted by atomic mass is 10.2. The predicted octanol–water partition coefficient (Wildman–Crippen LogP) is 2.88. The lowest BCUT2D eigenvalue weighted by molar-refractivity contribution is 0.145. The van der Waals surface area contributed by atoms with Crippen LogP contribution in [0.25, 0.3) is 6.08 Å². The van der Waals surface area contributed by atoms with Crippen LogP contribution in [0.2, 0.25) is 0 Å². The molecule has 1 aromatic carbocycles. The molecule has 0 aliphatic rings. The SMILES string of the molecule is CC(C#N)COC/C=C/c1ccccc1. The van der Waals surface area contributed by atoms with Gasteiger partial charge < -0.3 is 4.74 Å². The van der Waals surface area contributed by atoms with Crippen LogP contribution in [0.3, 0.4) is 0 Å². The standard InChI is InChI=1S/C13H15NO/c1-12(10-14)11-15-9-5-8-13-6-3-2-4-7-13/h2-8,12H,9,11H2,1H3/b8-5+. The van der Waals surface area contributed by atoms with Gasteiger partial charge in [0, 0.05) is 0 Å². The Morgan fingerprint density at radius 2 is 2.13 bits per heavy atom. The van der Waals surface area contributed by atoms with E-state index in [-0.39, 0.29) is 5.92 Å². The summed E-state index contributed by atoms with van der Waals surface area (Å²) in [6.45, 7) is 2.90. The van der Waals surface area contributed by atoms with E-state index in [9.17, 15) is 0 Å². The highest BCUT2D eigenvalue weighted by molar-refractivity contribution is 5.48. The van der Waals surface area contributed by atoms with Gasteiger partial charge in [0.15, 0.2) is 0 Å². The highest BCUT2D eigenvalue weighted by atomic mass is 16.5. The maximum atomic E-state index is 8.52. The lowest BCUT2D eigenvalue weighted by Crippen LogP contribution is -2.02. The van der Waals surface area contributed by atoms with Gasteiger partial charge in [-0.1, -0.05) is 42.5 Å². The van der Waals surface area contributed by atoms with Crippen molar-refractivity contribution in [1.29, 1.82) is 5.26 Å². The summed E-state index contributed by atoms with van der Waals surface area (Å²) in [5.74, 6) is -0.0323. The number of nitriles is 1. The molecule has 0 heterocycles. The summed E-state index contributed by atoms with van der Waals surface area (Å²) < 4.78 is 5.30. The fourth-order valence-corrected chi connectivity index (χ4v) is 1.10. The third-order valence-electron chi connectivity index (χ3n) is 1.91. The van der Waals surface area contributed by atoms with E-state index in [2.05, 4.69) is 6.07 Å². The average Bonchev–Trinajstić information content (AvgIpc) is 2.29. The largest absolute Gasteiger partial charge is 0.376 e. The summed E-state index contributed by atoms with van der Waals surface area (Å²) in [5.41, 5.74) is 1.16. The Morgan fingerprint density at radius 3 is 2.80 bits per heavy atom. The molecule has 1 atom stereocenters. The van der Waals surface area contributed by atoms with Crippen molar-refractivity contribution < 1.29 is 4.74 Å². The molecule has 0 N–H and O–H groups in total. The fourth-order valence-electron chi connectivity index (χ4n) is 1.10. The molecule has 1 unspecified atom stereocenters. The molecule has 0 radical (unpaired) electrons. The van der Waals surface area contributed by atoms with Crippen molar-refractivity contribution in [2.45, 2.75) is 6.92 Å². The summed E-state index contributed by atoms with van der Waals surface area (Å²) in [4.78, 5) is 0. The smallest absolute Gasteiger partial charge is 0.0677 e. The van der Waals surface area contributed by atoms with Crippen molar-refractivity contribution >= 4 is 6.08 Å². The van der Waals surface area contributed by atoms with Crippen LogP contribution in [-0.4, -0.2) is 13.2 Å². The van der Waals surface area contributed by atoms with E-state index < -0.39 is 0 Å². The van der Waals surface area contributed by atoms with Gasteiger partial charge in [-0.3, -0.25) is 0 Å². The number of hydrogen-bond donors (Lipinski definition) is 0. The Bertz CT molecular complexity index is 337. The second kappa shape index (κ2) is 6.80. The number of nitrogens with zero attached hydrogens (tertiary/aromatic N) is 1. The molecule has 2 heteroatoms. The Kier molecular flexibility index (Phi) is 5.21. The number of rotatable bonds is 5. The molecule has 2 nitrogen and oxygen atoms in total. The van der Waals surface area contributed by atoms with Crippen LogP contribution in [-0.2, 0) is 4.74 Å². The first-order valence-electron chi connectivity index (χ1n) is 5.02. The van der Waals surface area contributed by atoms with Crippen molar-refractivity contribution in [3.63, 3.8) is 0 Å². The van der Waals surface area contributed by atoms with Crippen LogP contribution >= 0.6 is 0 Å². The molecular formula is C13H15NO. The molecule has 0 bridgehead atoms. The molecule has 78 valence electrons. The van der Waals surface area contributed by atoms with Crippen molar-refractivity contribution in [2.75, 3.05) is 13.2 Å². The number of ether oxygens (including phenoxy) is 1. The third kappa shape index (κ3) is 4.99. The van der Waals surface area contributed by atoms with Gasteiger partial charge in [0.25, 0.3) is 0 Å². The monoisotopic (exact) mass is 201 g/mol. The first-order valence-corrected chi connectivity index (χ1v) is 5.02. The topological polar surface area (TPSA) is 33.0 Å². The van der Waals surface area contributed by atoms with Crippen LogP contribution in [0.1, 0.15) is 12.5 Å². The minimum Gasteiger partial charge on any atom is -0.376 e. The van der Waals surface area contributed by atoms with Crippen molar-refractivity contribution in [2.24, 2.45) is 5.92 Å². The molecular weight excluding hydrogens is 186 g/mol. The molecule has 1 rings (SSSR count). The molecule has 1 aromatic rings. The molecule has 0 saturated heterocycles. The molecule has 15 heavy (non-hydrogen) atoms. The molecule has 0 amide bonds. The molecule has 0 spiro atoms. The van der Waals surface area contributed by atoms with Gasteiger partial charge in [-0.2, -0.15) is 5.26 Å². The van der Waals surface area contributed by atoms with E-state index >= 15 is 0 Å². The maximum absolute atomic E-state index is 8.52. The summed E-state index contributed by atoms with van der Waals surface area (Å²) in [6.07, 6.45) is 3.97. The molecule has 0 fully saturated rings. The van der Waals surface area contributed by atoms with Crippen LogP contribution in [0.5, 0.6) is 0 Å². The first kappa shape index (κ1) is 11.5. The fraction of sp³-hybridized carbons (Fsp3) is 0.308. The second-order valence-electron chi connectivity index (χ2n) is 3.38. The Balaban J connectivity index is 2.21. The zero-order chi connectivity index (χ0) is 10.9. The van der Waals surface area contributed by atoms with Gasteiger partial charge in [-0.05, 0) is 12.5 Å².